The predicted molar refractivity (Wildman–Crippen MR) is 65.4 cm³/mol. The van der Waals surface area contributed by atoms with Crippen molar-refractivity contribution >= 4 is 23.3 Å². The number of aromatic nitrogens is 1. The zero-order valence-electron chi connectivity index (χ0n) is 9.64. The molecule has 1 aromatic rings. The normalized spacial score (nSPS) is 11.6. The number of anilines is 1. The SMILES string of the molecule is CC(C#N)CN(C)C(=O)c1nc(N)ccc1Cl. The van der Waals surface area contributed by atoms with E-state index in [1.165, 1.54) is 17.0 Å². The zero-order chi connectivity index (χ0) is 13.0. The van der Waals surface area contributed by atoms with Gasteiger partial charge in [-0.05, 0) is 19.1 Å². The van der Waals surface area contributed by atoms with Crippen molar-refractivity contribution < 1.29 is 4.79 Å². The monoisotopic (exact) mass is 252 g/mol. The molecule has 17 heavy (non-hydrogen) atoms. The summed E-state index contributed by atoms with van der Waals surface area (Å²) < 4.78 is 0. The predicted octanol–water partition coefficient (Wildman–Crippen LogP) is 1.55. The Hall–Kier alpha value is -1.80. The molecule has 0 aliphatic rings. The number of nitrogen functional groups attached to an aromatic ring is 1. The highest BCUT2D eigenvalue weighted by Gasteiger charge is 2.18. The van der Waals surface area contributed by atoms with Gasteiger partial charge in [-0.25, -0.2) is 4.98 Å². The second kappa shape index (κ2) is 5.51. The Morgan fingerprint density at radius 2 is 2.35 bits per heavy atom. The van der Waals surface area contributed by atoms with Crippen LogP contribution < -0.4 is 5.73 Å². The van der Waals surface area contributed by atoms with Gasteiger partial charge < -0.3 is 10.6 Å². The van der Waals surface area contributed by atoms with E-state index in [0.717, 1.165) is 0 Å². The van der Waals surface area contributed by atoms with Gasteiger partial charge in [0.05, 0.1) is 17.0 Å². The Morgan fingerprint density at radius 1 is 1.71 bits per heavy atom. The molecule has 1 aromatic heterocycles. The van der Waals surface area contributed by atoms with Crippen LogP contribution in [0.1, 0.15) is 17.4 Å². The molecule has 0 saturated heterocycles. The molecule has 1 unspecified atom stereocenters. The molecule has 0 bridgehead atoms. The lowest BCUT2D eigenvalue weighted by atomic mass is 10.2. The first-order valence-electron chi connectivity index (χ1n) is 5.02. The Labute approximate surface area is 105 Å². The summed E-state index contributed by atoms with van der Waals surface area (Å²) in [6.45, 7) is 2.06. The molecular formula is C11H13ClN4O. The van der Waals surface area contributed by atoms with Crippen LogP contribution in [0.15, 0.2) is 12.1 Å². The molecule has 0 saturated carbocycles. The summed E-state index contributed by atoms with van der Waals surface area (Å²) in [5.74, 6) is -0.354. The lowest BCUT2D eigenvalue weighted by Crippen LogP contribution is -2.31. The molecule has 1 heterocycles. The van der Waals surface area contributed by atoms with E-state index in [9.17, 15) is 4.79 Å². The van der Waals surface area contributed by atoms with Crippen LogP contribution in [0.3, 0.4) is 0 Å². The number of carbonyl (C=O) groups excluding carboxylic acids is 1. The van der Waals surface area contributed by atoms with E-state index in [0.29, 0.717) is 6.54 Å². The number of halogens is 1. The molecule has 2 N–H and O–H groups in total. The van der Waals surface area contributed by atoms with Crippen LogP contribution in [0, 0.1) is 17.2 Å². The number of nitriles is 1. The van der Waals surface area contributed by atoms with Crippen molar-refractivity contribution in [2.24, 2.45) is 5.92 Å². The summed E-state index contributed by atoms with van der Waals surface area (Å²) in [5.41, 5.74) is 5.61. The molecule has 0 aliphatic heterocycles. The molecule has 0 aromatic carbocycles. The maximum atomic E-state index is 12.0. The van der Waals surface area contributed by atoms with Crippen molar-refractivity contribution in [1.29, 1.82) is 5.26 Å². The molecule has 0 fully saturated rings. The lowest BCUT2D eigenvalue weighted by Gasteiger charge is -2.18. The van der Waals surface area contributed by atoms with Gasteiger partial charge in [0.1, 0.15) is 11.5 Å². The van der Waals surface area contributed by atoms with Crippen molar-refractivity contribution in [3.8, 4) is 6.07 Å². The average molecular weight is 253 g/mol. The summed E-state index contributed by atoms with van der Waals surface area (Å²) in [4.78, 5) is 17.3. The molecule has 1 atom stereocenters. The van der Waals surface area contributed by atoms with Crippen molar-refractivity contribution in [3.63, 3.8) is 0 Å². The van der Waals surface area contributed by atoms with Gasteiger partial charge in [0.2, 0.25) is 0 Å². The highest BCUT2D eigenvalue weighted by molar-refractivity contribution is 6.33. The van der Waals surface area contributed by atoms with Crippen LogP contribution in [0.25, 0.3) is 0 Å². The van der Waals surface area contributed by atoms with Gasteiger partial charge in [-0.1, -0.05) is 11.6 Å². The molecule has 90 valence electrons. The van der Waals surface area contributed by atoms with E-state index in [2.05, 4.69) is 11.1 Å². The van der Waals surface area contributed by atoms with E-state index in [-0.39, 0.29) is 28.4 Å². The number of pyridine rings is 1. The summed E-state index contributed by atoms with van der Waals surface area (Å²) >= 11 is 5.88. The molecule has 0 spiro atoms. The third-order valence-electron chi connectivity index (χ3n) is 2.18. The standard InChI is InChI=1S/C11H13ClN4O/c1-7(5-13)6-16(2)11(17)10-8(12)3-4-9(14)15-10/h3-4,7H,6H2,1-2H3,(H2,14,15). The highest BCUT2D eigenvalue weighted by Crippen LogP contribution is 2.17. The topological polar surface area (TPSA) is 83.0 Å². The molecule has 0 radical (unpaired) electrons. The fourth-order valence-corrected chi connectivity index (χ4v) is 1.51. The Kier molecular flexibility index (Phi) is 4.30. The first kappa shape index (κ1) is 13.3. The van der Waals surface area contributed by atoms with Crippen LogP contribution in [0.5, 0.6) is 0 Å². The largest absolute Gasteiger partial charge is 0.384 e. The van der Waals surface area contributed by atoms with E-state index >= 15 is 0 Å². The number of nitrogens with zero attached hydrogens (tertiary/aromatic N) is 3. The second-order valence-corrected chi connectivity index (χ2v) is 4.19. The van der Waals surface area contributed by atoms with Gasteiger partial charge in [-0.15, -0.1) is 0 Å². The fraction of sp³-hybridized carbons (Fsp3) is 0.364. The van der Waals surface area contributed by atoms with Gasteiger partial charge in [0, 0.05) is 13.6 Å². The number of carbonyl (C=O) groups is 1. The number of rotatable bonds is 3. The second-order valence-electron chi connectivity index (χ2n) is 3.78. The van der Waals surface area contributed by atoms with Crippen LogP contribution in [0.2, 0.25) is 5.02 Å². The molecule has 6 heteroatoms. The quantitative estimate of drug-likeness (QED) is 0.885. The van der Waals surface area contributed by atoms with Crippen molar-refractivity contribution in [3.05, 3.63) is 22.8 Å². The lowest BCUT2D eigenvalue weighted by molar-refractivity contribution is 0.0779. The van der Waals surface area contributed by atoms with Crippen LogP contribution in [-0.2, 0) is 0 Å². The maximum absolute atomic E-state index is 12.0. The maximum Gasteiger partial charge on any atom is 0.273 e. The smallest absolute Gasteiger partial charge is 0.273 e. The van der Waals surface area contributed by atoms with Gasteiger partial charge >= 0.3 is 0 Å². The minimum atomic E-state index is -0.343. The Bertz CT molecular complexity index is 469. The minimum absolute atomic E-state index is 0.110. The molecule has 5 nitrogen and oxygen atoms in total. The van der Waals surface area contributed by atoms with Crippen LogP contribution >= 0.6 is 11.6 Å². The van der Waals surface area contributed by atoms with Crippen LogP contribution in [-0.4, -0.2) is 29.4 Å². The first-order valence-corrected chi connectivity index (χ1v) is 5.40. The van der Waals surface area contributed by atoms with Gasteiger partial charge in [-0.3, -0.25) is 4.79 Å². The fourth-order valence-electron chi connectivity index (χ4n) is 1.32. The first-order chi connectivity index (χ1) is 7.95. The third kappa shape index (κ3) is 3.33. The number of hydrogen-bond acceptors (Lipinski definition) is 4. The van der Waals surface area contributed by atoms with Crippen molar-refractivity contribution in [1.82, 2.24) is 9.88 Å². The van der Waals surface area contributed by atoms with Gasteiger partial charge in [-0.2, -0.15) is 5.26 Å². The van der Waals surface area contributed by atoms with Crippen molar-refractivity contribution in [2.45, 2.75) is 6.92 Å². The molecule has 1 rings (SSSR count). The molecular weight excluding hydrogens is 240 g/mol. The van der Waals surface area contributed by atoms with E-state index in [1.807, 2.05) is 0 Å². The van der Waals surface area contributed by atoms with Gasteiger partial charge in [0.25, 0.3) is 5.91 Å². The van der Waals surface area contributed by atoms with E-state index in [1.54, 1.807) is 14.0 Å². The number of hydrogen-bond donors (Lipinski definition) is 1. The molecule has 1 amide bonds. The minimum Gasteiger partial charge on any atom is -0.384 e. The summed E-state index contributed by atoms with van der Waals surface area (Å²) in [6.07, 6.45) is 0. The van der Waals surface area contributed by atoms with Gasteiger partial charge in [0.15, 0.2) is 0 Å². The average Bonchev–Trinajstić information content (AvgIpc) is 2.31. The van der Waals surface area contributed by atoms with Crippen molar-refractivity contribution in [2.75, 3.05) is 19.3 Å². The van der Waals surface area contributed by atoms with E-state index in [4.69, 9.17) is 22.6 Å². The third-order valence-corrected chi connectivity index (χ3v) is 2.49. The number of amides is 1. The Morgan fingerprint density at radius 3 is 2.94 bits per heavy atom. The summed E-state index contributed by atoms with van der Waals surface area (Å²) in [7, 11) is 1.59. The van der Waals surface area contributed by atoms with Crippen LogP contribution in [0.4, 0.5) is 5.82 Å². The molecule has 0 aliphatic carbocycles. The number of nitrogens with two attached hydrogens (primary N) is 1. The highest BCUT2D eigenvalue weighted by atomic mass is 35.5. The Balaban J connectivity index is 2.89. The van der Waals surface area contributed by atoms with E-state index < -0.39 is 0 Å². The summed E-state index contributed by atoms with van der Waals surface area (Å²) in [5, 5.41) is 8.94. The zero-order valence-corrected chi connectivity index (χ0v) is 10.4. The summed E-state index contributed by atoms with van der Waals surface area (Å²) in [6, 6.07) is 5.11.